The lowest BCUT2D eigenvalue weighted by Crippen LogP contribution is -2.16. The third kappa shape index (κ3) is 2.96. The molecule has 0 saturated heterocycles. The highest BCUT2D eigenvalue weighted by Gasteiger charge is 2.24. The van der Waals surface area contributed by atoms with Gasteiger partial charge in [0.15, 0.2) is 23.3 Å². The first-order valence-corrected chi connectivity index (χ1v) is 4.88. The molecule has 2 nitrogen and oxygen atoms in total. The summed E-state index contributed by atoms with van der Waals surface area (Å²) in [5.74, 6) is -10.2. The summed E-state index contributed by atoms with van der Waals surface area (Å²) in [4.78, 5) is 4.75. The van der Waals surface area contributed by atoms with Gasteiger partial charge in [0, 0.05) is 0 Å². The van der Waals surface area contributed by atoms with Crippen molar-refractivity contribution >= 4 is 6.21 Å². The van der Waals surface area contributed by atoms with Crippen LogP contribution in [0.2, 0.25) is 0 Å². The first-order chi connectivity index (χ1) is 8.15. The molecule has 0 amide bonds. The second-order valence-corrected chi connectivity index (χ2v) is 4.42. The normalized spacial score (nSPS) is 12.2. The second kappa shape index (κ2) is 4.91. The molecule has 0 bridgehead atoms. The maximum absolute atomic E-state index is 13.2. The van der Waals surface area contributed by atoms with E-state index in [1.807, 2.05) is 0 Å². The summed E-state index contributed by atoms with van der Waals surface area (Å²) in [5, 5.41) is 3.19. The van der Waals surface area contributed by atoms with E-state index in [9.17, 15) is 22.0 Å². The number of benzene rings is 1. The highest BCUT2D eigenvalue weighted by Crippen LogP contribution is 2.21. The van der Waals surface area contributed by atoms with Gasteiger partial charge in [-0.05, 0) is 20.8 Å². The van der Waals surface area contributed by atoms with Crippen molar-refractivity contribution in [1.29, 1.82) is 0 Å². The Hall–Kier alpha value is -1.66. The minimum absolute atomic E-state index is 0.446. The summed E-state index contributed by atoms with van der Waals surface area (Å²) in [6.45, 7) is 4.80. The Morgan fingerprint density at radius 1 is 0.833 bits per heavy atom. The quantitative estimate of drug-likeness (QED) is 0.264. The van der Waals surface area contributed by atoms with Crippen molar-refractivity contribution in [2.24, 2.45) is 5.16 Å². The monoisotopic (exact) mass is 267 g/mol. The molecule has 0 atom stereocenters. The highest BCUT2D eigenvalue weighted by molar-refractivity contribution is 5.80. The molecule has 18 heavy (non-hydrogen) atoms. The first-order valence-electron chi connectivity index (χ1n) is 4.88. The van der Waals surface area contributed by atoms with Gasteiger partial charge >= 0.3 is 0 Å². The van der Waals surface area contributed by atoms with Crippen molar-refractivity contribution in [3.8, 4) is 0 Å². The molecule has 0 aliphatic carbocycles. The molecule has 0 heterocycles. The number of hydrogen-bond donors (Lipinski definition) is 0. The predicted molar refractivity (Wildman–Crippen MR) is 54.7 cm³/mol. The molecular formula is C11H10F5NO. The van der Waals surface area contributed by atoms with Gasteiger partial charge in [0.05, 0.1) is 11.8 Å². The minimum atomic E-state index is -2.21. The van der Waals surface area contributed by atoms with Gasteiger partial charge in [-0.2, -0.15) is 0 Å². The van der Waals surface area contributed by atoms with Crippen LogP contribution in [0.5, 0.6) is 0 Å². The van der Waals surface area contributed by atoms with Gasteiger partial charge in [-0.3, -0.25) is 0 Å². The number of halogens is 5. The average molecular weight is 267 g/mol. The van der Waals surface area contributed by atoms with Crippen molar-refractivity contribution in [2.45, 2.75) is 26.4 Å². The Balaban J connectivity index is 3.18. The summed E-state index contributed by atoms with van der Waals surface area (Å²) in [6.07, 6.45) is 0.446. The maximum atomic E-state index is 13.2. The van der Waals surface area contributed by atoms with E-state index >= 15 is 0 Å². The van der Waals surface area contributed by atoms with E-state index in [-0.39, 0.29) is 0 Å². The van der Waals surface area contributed by atoms with E-state index in [0.717, 1.165) is 0 Å². The fourth-order valence-corrected chi connectivity index (χ4v) is 0.972. The van der Waals surface area contributed by atoms with Crippen LogP contribution >= 0.6 is 0 Å². The average Bonchev–Trinajstić information content (AvgIpc) is 2.27. The lowest BCUT2D eigenvalue weighted by atomic mass is 10.2. The standard InChI is InChI=1S/C11H10F5NO/c1-11(2,3)18-17-4-5-6(12)8(14)10(16)9(15)7(5)13/h4H,1-3H3/b17-4-. The fourth-order valence-electron chi connectivity index (χ4n) is 0.972. The molecule has 0 saturated carbocycles. The lowest BCUT2D eigenvalue weighted by Gasteiger charge is -2.14. The molecule has 7 heteroatoms. The number of oxime groups is 1. The number of nitrogens with zero attached hydrogens (tertiary/aromatic N) is 1. The topological polar surface area (TPSA) is 21.6 Å². The third-order valence-electron chi connectivity index (χ3n) is 1.75. The second-order valence-electron chi connectivity index (χ2n) is 4.42. The van der Waals surface area contributed by atoms with Crippen LogP contribution in [0.4, 0.5) is 22.0 Å². The molecule has 0 aromatic heterocycles. The van der Waals surface area contributed by atoms with Crippen molar-refractivity contribution in [3.63, 3.8) is 0 Å². The zero-order valence-corrected chi connectivity index (χ0v) is 9.82. The summed E-state index contributed by atoms with van der Waals surface area (Å²) in [7, 11) is 0. The van der Waals surface area contributed by atoms with E-state index < -0.39 is 40.3 Å². The summed E-state index contributed by atoms with van der Waals surface area (Å²) in [5.41, 5.74) is -1.89. The molecule has 0 aliphatic heterocycles. The van der Waals surface area contributed by atoms with E-state index in [1.165, 1.54) is 0 Å². The molecular weight excluding hydrogens is 257 g/mol. The molecule has 0 fully saturated rings. The Labute approximate surface area is 100 Å². The zero-order valence-electron chi connectivity index (χ0n) is 9.82. The molecule has 0 spiro atoms. The molecule has 0 aliphatic rings. The van der Waals surface area contributed by atoms with Gasteiger partial charge in [0.1, 0.15) is 5.60 Å². The fraction of sp³-hybridized carbons (Fsp3) is 0.364. The predicted octanol–water partition coefficient (Wildman–Crippen LogP) is 3.53. The smallest absolute Gasteiger partial charge is 0.200 e. The van der Waals surface area contributed by atoms with Crippen LogP contribution in [0.3, 0.4) is 0 Å². The van der Waals surface area contributed by atoms with Crippen LogP contribution in [0, 0.1) is 29.1 Å². The first kappa shape index (κ1) is 14.4. The van der Waals surface area contributed by atoms with Gasteiger partial charge in [0.2, 0.25) is 5.82 Å². The van der Waals surface area contributed by atoms with Crippen LogP contribution in [0.1, 0.15) is 26.3 Å². The highest BCUT2D eigenvalue weighted by atomic mass is 19.2. The summed E-state index contributed by atoms with van der Waals surface area (Å²) < 4.78 is 64.6. The molecule has 0 N–H and O–H groups in total. The van der Waals surface area contributed by atoms with Gasteiger partial charge < -0.3 is 4.84 Å². The van der Waals surface area contributed by atoms with Gasteiger partial charge in [-0.1, -0.05) is 5.16 Å². The Morgan fingerprint density at radius 3 is 1.61 bits per heavy atom. The van der Waals surface area contributed by atoms with Crippen LogP contribution in [-0.4, -0.2) is 11.8 Å². The molecule has 1 rings (SSSR count). The van der Waals surface area contributed by atoms with Crippen molar-refractivity contribution in [2.75, 3.05) is 0 Å². The number of hydrogen-bond acceptors (Lipinski definition) is 2. The van der Waals surface area contributed by atoms with Crippen LogP contribution in [-0.2, 0) is 4.84 Å². The molecule has 0 unspecified atom stereocenters. The van der Waals surface area contributed by atoms with E-state index in [0.29, 0.717) is 6.21 Å². The van der Waals surface area contributed by atoms with E-state index in [2.05, 4.69) is 5.16 Å². The van der Waals surface area contributed by atoms with Crippen molar-refractivity contribution < 1.29 is 26.8 Å². The molecule has 0 radical (unpaired) electrons. The zero-order chi connectivity index (χ0) is 14.1. The van der Waals surface area contributed by atoms with E-state index in [1.54, 1.807) is 20.8 Å². The summed E-state index contributed by atoms with van der Waals surface area (Å²) >= 11 is 0. The van der Waals surface area contributed by atoms with Crippen molar-refractivity contribution in [1.82, 2.24) is 0 Å². The minimum Gasteiger partial charge on any atom is -0.390 e. The van der Waals surface area contributed by atoms with Crippen LogP contribution in [0.15, 0.2) is 5.16 Å². The van der Waals surface area contributed by atoms with Crippen LogP contribution < -0.4 is 0 Å². The Morgan fingerprint density at radius 2 is 1.22 bits per heavy atom. The van der Waals surface area contributed by atoms with E-state index in [4.69, 9.17) is 4.84 Å². The summed E-state index contributed by atoms with van der Waals surface area (Å²) in [6, 6.07) is 0. The Bertz CT molecular complexity index is 464. The van der Waals surface area contributed by atoms with Crippen LogP contribution in [0.25, 0.3) is 0 Å². The SMILES string of the molecule is CC(C)(C)O/N=C\c1c(F)c(F)c(F)c(F)c1F. The molecule has 100 valence electrons. The van der Waals surface area contributed by atoms with Crippen molar-refractivity contribution in [3.05, 3.63) is 34.6 Å². The Kier molecular flexibility index (Phi) is 3.93. The number of rotatable bonds is 2. The molecule has 1 aromatic carbocycles. The van der Waals surface area contributed by atoms with Gasteiger partial charge in [-0.25, -0.2) is 22.0 Å². The van der Waals surface area contributed by atoms with Gasteiger partial charge in [0.25, 0.3) is 0 Å². The third-order valence-corrected chi connectivity index (χ3v) is 1.75. The lowest BCUT2D eigenvalue weighted by molar-refractivity contribution is 0.00192. The largest absolute Gasteiger partial charge is 0.390 e. The maximum Gasteiger partial charge on any atom is 0.200 e. The van der Waals surface area contributed by atoms with Gasteiger partial charge in [-0.15, -0.1) is 0 Å². The molecule has 1 aromatic rings.